The molecule has 0 saturated heterocycles. The Bertz CT molecular complexity index is 1360. The highest BCUT2D eigenvalue weighted by atomic mass is 35.5. The monoisotopic (exact) mass is 432 g/mol. The van der Waals surface area contributed by atoms with Crippen LogP contribution in [0.15, 0.2) is 71.1 Å². The van der Waals surface area contributed by atoms with E-state index in [0.29, 0.717) is 15.9 Å². The third kappa shape index (κ3) is 3.30. The molecule has 2 heterocycles. The summed E-state index contributed by atoms with van der Waals surface area (Å²) in [4.78, 5) is 8.27. The van der Waals surface area contributed by atoms with E-state index >= 15 is 0 Å². The number of aromatic nitrogens is 2. The molecule has 0 saturated carbocycles. The lowest BCUT2D eigenvalue weighted by Crippen LogP contribution is -1.86. The largest absolute Gasteiger partial charge is 0.440 e. The summed E-state index contributed by atoms with van der Waals surface area (Å²) in [5.41, 5.74) is 6.95. The molecule has 2 aromatic heterocycles. The summed E-state index contributed by atoms with van der Waals surface area (Å²) in [6.07, 6.45) is 0. The zero-order valence-corrected chi connectivity index (χ0v) is 18.0. The standard InChI is InChI=1S/C25H18Cl2N2O/c1-14-3-12-21-20(13-14)22(23(29-21)16-4-8-18(26)9-5-16)25-24(28-15(2)30-25)17-6-10-19(27)11-7-17/h3-13,29H,1-2H3. The van der Waals surface area contributed by atoms with Gasteiger partial charge in [-0.15, -0.1) is 0 Å². The van der Waals surface area contributed by atoms with Crippen molar-refractivity contribution < 1.29 is 4.42 Å². The van der Waals surface area contributed by atoms with Gasteiger partial charge in [-0.3, -0.25) is 0 Å². The van der Waals surface area contributed by atoms with Crippen molar-refractivity contribution in [2.75, 3.05) is 0 Å². The van der Waals surface area contributed by atoms with E-state index in [1.165, 1.54) is 5.56 Å². The lowest BCUT2D eigenvalue weighted by atomic mass is 9.99. The van der Waals surface area contributed by atoms with Crippen molar-refractivity contribution in [3.8, 4) is 33.8 Å². The Kier molecular flexibility index (Phi) is 4.65. The molecule has 30 heavy (non-hydrogen) atoms. The van der Waals surface area contributed by atoms with Crippen LogP contribution in [-0.2, 0) is 0 Å². The maximum absolute atomic E-state index is 6.19. The maximum atomic E-state index is 6.19. The van der Waals surface area contributed by atoms with E-state index in [-0.39, 0.29) is 0 Å². The summed E-state index contributed by atoms with van der Waals surface area (Å²) >= 11 is 12.2. The van der Waals surface area contributed by atoms with E-state index in [1.54, 1.807) is 0 Å². The molecular formula is C25H18Cl2N2O. The summed E-state index contributed by atoms with van der Waals surface area (Å²) in [5.74, 6) is 1.34. The molecule has 3 nitrogen and oxygen atoms in total. The average molecular weight is 433 g/mol. The van der Waals surface area contributed by atoms with Gasteiger partial charge in [0.2, 0.25) is 0 Å². The Morgan fingerprint density at radius 1 is 0.800 bits per heavy atom. The summed E-state index contributed by atoms with van der Waals surface area (Å²) < 4.78 is 6.19. The predicted molar refractivity (Wildman–Crippen MR) is 124 cm³/mol. The second-order valence-corrected chi connectivity index (χ2v) is 8.22. The van der Waals surface area contributed by atoms with Gasteiger partial charge in [0, 0.05) is 33.4 Å². The minimum atomic E-state index is 0.610. The average Bonchev–Trinajstić information content (AvgIpc) is 3.29. The number of nitrogens with zero attached hydrogens (tertiary/aromatic N) is 1. The number of halogens is 2. The molecule has 5 rings (SSSR count). The van der Waals surface area contributed by atoms with E-state index in [1.807, 2.05) is 55.5 Å². The first-order chi connectivity index (χ1) is 14.5. The second kappa shape index (κ2) is 7.35. The van der Waals surface area contributed by atoms with Crippen molar-refractivity contribution in [2.24, 2.45) is 0 Å². The zero-order valence-electron chi connectivity index (χ0n) is 16.5. The molecule has 0 fully saturated rings. The van der Waals surface area contributed by atoms with Crippen molar-refractivity contribution in [3.05, 3.63) is 88.2 Å². The Labute approximate surface area is 184 Å². The third-order valence-corrected chi connectivity index (χ3v) is 5.67. The predicted octanol–water partition coefficient (Wildman–Crippen LogP) is 8.08. The van der Waals surface area contributed by atoms with Gasteiger partial charge in [0.15, 0.2) is 11.7 Å². The number of hydrogen-bond acceptors (Lipinski definition) is 2. The fourth-order valence-corrected chi connectivity index (χ4v) is 4.03. The Hall–Kier alpha value is -3.01. The first kappa shape index (κ1) is 19.0. The quantitative estimate of drug-likeness (QED) is 0.312. The van der Waals surface area contributed by atoms with Gasteiger partial charge >= 0.3 is 0 Å². The van der Waals surface area contributed by atoms with E-state index < -0.39 is 0 Å². The van der Waals surface area contributed by atoms with Gasteiger partial charge in [-0.25, -0.2) is 4.98 Å². The van der Waals surface area contributed by atoms with E-state index in [0.717, 1.165) is 44.7 Å². The van der Waals surface area contributed by atoms with Gasteiger partial charge in [-0.1, -0.05) is 59.1 Å². The number of nitrogens with one attached hydrogen (secondary N) is 1. The Balaban J connectivity index is 1.83. The first-order valence-corrected chi connectivity index (χ1v) is 10.4. The highest BCUT2D eigenvalue weighted by molar-refractivity contribution is 6.31. The summed E-state index contributed by atoms with van der Waals surface area (Å²) in [6.45, 7) is 3.95. The minimum Gasteiger partial charge on any atom is -0.440 e. The second-order valence-electron chi connectivity index (χ2n) is 7.35. The normalized spacial score (nSPS) is 11.3. The number of rotatable bonds is 3. The maximum Gasteiger partial charge on any atom is 0.192 e. The van der Waals surface area contributed by atoms with Crippen molar-refractivity contribution in [1.82, 2.24) is 9.97 Å². The lowest BCUT2D eigenvalue weighted by Gasteiger charge is -2.06. The van der Waals surface area contributed by atoms with Crippen molar-refractivity contribution in [3.63, 3.8) is 0 Å². The topological polar surface area (TPSA) is 41.8 Å². The number of aryl methyl sites for hydroxylation is 2. The Morgan fingerprint density at radius 3 is 2.10 bits per heavy atom. The van der Waals surface area contributed by atoms with Crippen molar-refractivity contribution in [1.29, 1.82) is 0 Å². The van der Waals surface area contributed by atoms with Crippen LogP contribution >= 0.6 is 23.2 Å². The van der Waals surface area contributed by atoms with Gasteiger partial charge in [-0.05, 0) is 48.9 Å². The van der Waals surface area contributed by atoms with Gasteiger partial charge in [-0.2, -0.15) is 0 Å². The number of fused-ring (bicyclic) bond motifs is 1. The number of H-pyrrole nitrogens is 1. The fourth-order valence-electron chi connectivity index (χ4n) is 3.77. The molecule has 0 spiro atoms. The third-order valence-electron chi connectivity index (χ3n) is 5.17. The summed E-state index contributed by atoms with van der Waals surface area (Å²) in [5, 5.41) is 2.47. The van der Waals surface area contributed by atoms with E-state index in [2.05, 4.69) is 30.1 Å². The molecule has 0 atom stereocenters. The number of aromatic amines is 1. The van der Waals surface area contributed by atoms with Crippen LogP contribution in [0, 0.1) is 13.8 Å². The molecule has 5 aromatic rings. The smallest absolute Gasteiger partial charge is 0.192 e. The minimum absolute atomic E-state index is 0.610. The van der Waals surface area contributed by atoms with Crippen molar-refractivity contribution >= 4 is 34.1 Å². The van der Waals surface area contributed by atoms with Crippen LogP contribution in [0.3, 0.4) is 0 Å². The highest BCUT2D eigenvalue weighted by Crippen LogP contribution is 2.43. The summed E-state index contributed by atoms with van der Waals surface area (Å²) in [6, 6.07) is 21.8. The molecule has 1 N–H and O–H groups in total. The molecule has 0 aliphatic rings. The van der Waals surface area contributed by atoms with Crippen LogP contribution in [0.1, 0.15) is 11.5 Å². The molecule has 0 aliphatic carbocycles. The Morgan fingerprint density at radius 2 is 1.43 bits per heavy atom. The van der Waals surface area contributed by atoms with E-state index in [9.17, 15) is 0 Å². The number of benzene rings is 3. The molecule has 0 radical (unpaired) electrons. The zero-order chi connectivity index (χ0) is 20.8. The molecule has 0 amide bonds. The molecule has 0 unspecified atom stereocenters. The van der Waals surface area contributed by atoms with E-state index in [4.69, 9.17) is 32.6 Å². The molecule has 5 heteroatoms. The molecule has 0 aliphatic heterocycles. The number of oxazole rings is 1. The first-order valence-electron chi connectivity index (χ1n) is 9.61. The van der Waals surface area contributed by atoms with Crippen LogP contribution in [-0.4, -0.2) is 9.97 Å². The van der Waals surface area contributed by atoms with Gasteiger partial charge in [0.05, 0.1) is 11.3 Å². The van der Waals surface area contributed by atoms with Gasteiger partial charge in [0.25, 0.3) is 0 Å². The lowest BCUT2D eigenvalue weighted by molar-refractivity contribution is 0.535. The van der Waals surface area contributed by atoms with Crippen LogP contribution < -0.4 is 0 Å². The highest BCUT2D eigenvalue weighted by Gasteiger charge is 2.23. The molecule has 3 aromatic carbocycles. The van der Waals surface area contributed by atoms with Crippen LogP contribution in [0.5, 0.6) is 0 Å². The summed E-state index contributed by atoms with van der Waals surface area (Å²) in [7, 11) is 0. The van der Waals surface area contributed by atoms with Gasteiger partial charge in [0.1, 0.15) is 5.69 Å². The number of hydrogen-bond donors (Lipinski definition) is 1. The van der Waals surface area contributed by atoms with Crippen LogP contribution in [0.4, 0.5) is 0 Å². The molecular weight excluding hydrogens is 415 g/mol. The van der Waals surface area contributed by atoms with Gasteiger partial charge < -0.3 is 9.40 Å². The van der Waals surface area contributed by atoms with Crippen molar-refractivity contribution in [2.45, 2.75) is 13.8 Å². The fraction of sp³-hybridized carbons (Fsp3) is 0.0800. The van der Waals surface area contributed by atoms with Crippen LogP contribution in [0.2, 0.25) is 10.0 Å². The SMILES string of the molecule is Cc1ccc2[nH]c(-c3ccc(Cl)cc3)c(-c3oc(C)nc3-c3ccc(Cl)cc3)c2c1. The molecule has 0 bridgehead atoms. The van der Waals surface area contributed by atoms with Crippen LogP contribution in [0.25, 0.3) is 44.7 Å². The molecule has 148 valence electrons.